The number of pyridine rings is 1. The first kappa shape index (κ1) is 16.5. The Balaban J connectivity index is 1.70. The Bertz CT molecular complexity index is 901. The van der Waals surface area contributed by atoms with Gasteiger partial charge in [-0.1, -0.05) is 17.7 Å². The zero-order chi connectivity index (χ0) is 17.1. The lowest BCUT2D eigenvalue weighted by Gasteiger charge is -2.02. The van der Waals surface area contributed by atoms with Gasteiger partial charge < -0.3 is 0 Å². The molecule has 2 heterocycles. The van der Waals surface area contributed by atoms with Crippen LogP contribution >= 0.6 is 22.9 Å². The fraction of sp³-hybridized carbons (Fsp3) is 0.0625. The molecule has 1 aromatic carbocycles. The van der Waals surface area contributed by atoms with Crippen molar-refractivity contribution < 1.29 is 13.6 Å². The molecular weight excluding hydrogens is 356 g/mol. The number of halogens is 3. The normalized spacial score (nSPS) is 10.6. The minimum atomic E-state index is -0.892. The van der Waals surface area contributed by atoms with Crippen LogP contribution in [-0.2, 0) is 6.42 Å². The molecule has 0 aliphatic heterocycles. The molecule has 0 fully saturated rings. The van der Waals surface area contributed by atoms with Gasteiger partial charge in [0.2, 0.25) is 0 Å². The second-order valence-corrected chi connectivity index (χ2v) is 6.33. The van der Waals surface area contributed by atoms with E-state index in [0.29, 0.717) is 17.1 Å². The Morgan fingerprint density at radius 1 is 1.21 bits per heavy atom. The first-order valence-electron chi connectivity index (χ1n) is 6.83. The van der Waals surface area contributed by atoms with Crippen molar-refractivity contribution >= 4 is 34.0 Å². The van der Waals surface area contributed by atoms with Gasteiger partial charge in [-0.2, -0.15) is 0 Å². The molecule has 0 spiro atoms. The van der Waals surface area contributed by atoms with Gasteiger partial charge >= 0.3 is 0 Å². The van der Waals surface area contributed by atoms with Crippen LogP contribution in [0.1, 0.15) is 20.8 Å². The Labute approximate surface area is 145 Å². The maximum atomic E-state index is 13.2. The monoisotopic (exact) mass is 365 g/mol. The molecule has 4 nitrogen and oxygen atoms in total. The highest BCUT2D eigenvalue weighted by Gasteiger charge is 2.13. The number of nitrogens with zero attached hydrogens (tertiary/aromatic N) is 2. The van der Waals surface area contributed by atoms with E-state index in [4.69, 9.17) is 11.6 Å². The lowest BCUT2D eigenvalue weighted by Crippen LogP contribution is -2.12. The highest BCUT2D eigenvalue weighted by atomic mass is 35.5. The maximum Gasteiger partial charge on any atom is 0.260 e. The van der Waals surface area contributed by atoms with Gasteiger partial charge in [0.1, 0.15) is 5.15 Å². The molecule has 0 aliphatic rings. The smallest absolute Gasteiger partial charge is 0.260 e. The van der Waals surface area contributed by atoms with E-state index in [1.165, 1.54) is 23.6 Å². The first-order valence-corrected chi connectivity index (χ1v) is 8.03. The Morgan fingerprint density at radius 3 is 2.79 bits per heavy atom. The lowest BCUT2D eigenvalue weighted by molar-refractivity contribution is 0.102. The van der Waals surface area contributed by atoms with Crippen LogP contribution in [0, 0.1) is 11.6 Å². The van der Waals surface area contributed by atoms with Crippen LogP contribution in [0.4, 0.5) is 13.9 Å². The van der Waals surface area contributed by atoms with Gasteiger partial charge in [0.05, 0.1) is 5.56 Å². The number of benzene rings is 1. The van der Waals surface area contributed by atoms with Crippen LogP contribution in [0.3, 0.4) is 0 Å². The van der Waals surface area contributed by atoms with Gasteiger partial charge in [-0.25, -0.2) is 18.7 Å². The fourth-order valence-corrected chi connectivity index (χ4v) is 3.06. The molecule has 3 aromatic rings. The topological polar surface area (TPSA) is 54.9 Å². The zero-order valence-electron chi connectivity index (χ0n) is 12.1. The number of carbonyl (C=O) groups is 1. The number of carbonyl (C=O) groups excluding carboxylic acids is 1. The summed E-state index contributed by atoms with van der Waals surface area (Å²) in [6.07, 6.45) is 3.45. The van der Waals surface area contributed by atoms with Gasteiger partial charge in [0.25, 0.3) is 5.91 Å². The summed E-state index contributed by atoms with van der Waals surface area (Å²) >= 11 is 7.11. The van der Waals surface area contributed by atoms with Crippen molar-refractivity contribution in [3.05, 3.63) is 75.5 Å². The second kappa shape index (κ2) is 7.02. The van der Waals surface area contributed by atoms with E-state index in [9.17, 15) is 13.6 Å². The van der Waals surface area contributed by atoms with E-state index in [-0.39, 0.29) is 10.7 Å². The minimum Gasteiger partial charge on any atom is -0.298 e. The van der Waals surface area contributed by atoms with Crippen LogP contribution < -0.4 is 5.32 Å². The molecular formula is C16H10ClF2N3OS. The van der Waals surface area contributed by atoms with Crippen molar-refractivity contribution in [2.75, 3.05) is 5.32 Å². The van der Waals surface area contributed by atoms with Crippen molar-refractivity contribution in [3.8, 4) is 0 Å². The van der Waals surface area contributed by atoms with E-state index in [2.05, 4.69) is 15.3 Å². The first-order chi connectivity index (χ1) is 11.5. The minimum absolute atomic E-state index is 0.105. The standard InChI is InChI=1S/C16H10ClF2N3OS/c17-14-11(2-1-5-20-14)15(23)22-16-21-8-10(24-16)6-9-3-4-12(18)13(19)7-9/h1-5,7-8H,6H2,(H,21,22,23). The van der Waals surface area contributed by atoms with Crippen LogP contribution in [0.2, 0.25) is 5.15 Å². The summed E-state index contributed by atoms with van der Waals surface area (Å²) in [5.41, 5.74) is 0.863. The van der Waals surface area contributed by atoms with Gasteiger partial charge in [-0.15, -0.1) is 11.3 Å². The predicted molar refractivity (Wildman–Crippen MR) is 88.5 cm³/mol. The summed E-state index contributed by atoms with van der Waals surface area (Å²) in [5.74, 6) is -2.19. The number of amides is 1. The molecule has 0 saturated carbocycles. The van der Waals surface area contributed by atoms with Crippen molar-refractivity contribution in [1.82, 2.24) is 9.97 Å². The zero-order valence-corrected chi connectivity index (χ0v) is 13.7. The molecule has 8 heteroatoms. The molecule has 0 bridgehead atoms. The molecule has 0 atom stereocenters. The Morgan fingerprint density at radius 2 is 2.04 bits per heavy atom. The average molecular weight is 366 g/mol. The SMILES string of the molecule is O=C(Nc1ncc(Cc2ccc(F)c(F)c2)s1)c1cccnc1Cl. The highest BCUT2D eigenvalue weighted by molar-refractivity contribution is 7.15. The Hall–Kier alpha value is -2.38. The number of hydrogen-bond acceptors (Lipinski definition) is 4. The van der Waals surface area contributed by atoms with E-state index in [0.717, 1.165) is 17.0 Å². The predicted octanol–water partition coefficient (Wildman–Crippen LogP) is 4.31. The number of anilines is 1. The summed E-state index contributed by atoms with van der Waals surface area (Å²) in [6, 6.07) is 6.89. The molecule has 3 rings (SSSR count). The summed E-state index contributed by atoms with van der Waals surface area (Å²) in [4.78, 5) is 20.9. The van der Waals surface area contributed by atoms with Crippen LogP contribution in [-0.4, -0.2) is 15.9 Å². The van der Waals surface area contributed by atoms with E-state index >= 15 is 0 Å². The van der Waals surface area contributed by atoms with E-state index in [1.54, 1.807) is 18.3 Å². The van der Waals surface area contributed by atoms with Crippen molar-refractivity contribution in [2.24, 2.45) is 0 Å². The van der Waals surface area contributed by atoms with Gasteiger partial charge in [0.15, 0.2) is 16.8 Å². The maximum absolute atomic E-state index is 13.2. The highest BCUT2D eigenvalue weighted by Crippen LogP contribution is 2.23. The molecule has 1 amide bonds. The number of aromatic nitrogens is 2. The molecule has 24 heavy (non-hydrogen) atoms. The number of nitrogens with one attached hydrogen (secondary N) is 1. The third-order valence-corrected chi connectivity index (χ3v) is 4.35. The molecule has 0 unspecified atom stereocenters. The van der Waals surface area contributed by atoms with Crippen LogP contribution in [0.25, 0.3) is 0 Å². The third-order valence-electron chi connectivity index (χ3n) is 3.14. The van der Waals surface area contributed by atoms with Crippen LogP contribution in [0.15, 0.2) is 42.7 Å². The van der Waals surface area contributed by atoms with Crippen LogP contribution in [0.5, 0.6) is 0 Å². The second-order valence-electron chi connectivity index (χ2n) is 4.85. The third kappa shape index (κ3) is 3.74. The van der Waals surface area contributed by atoms with Crippen molar-refractivity contribution in [3.63, 3.8) is 0 Å². The van der Waals surface area contributed by atoms with E-state index < -0.39 is 17.5 Å². The largest absolute Gasteiger partial charge is 0.298 e. The Kier molecular flexibility index (Phi) is 4.82. The van der Waals surface area contributed by atoms with Crippen molar-refractivity contribution in [2.45, 2.75) is 6.42 Å². The average Bonchev–Trinajstić information content (AvgIpc) is 2.98. The number of thiazole rings is 1. The summed E-state index contributed by atoms with van der Waals surface area (Å²) < 4.78 is 26.2. The molecule has 122 valence electrons. The molecule has 2 aromatic heterocycles. The summed E-state index contributed by atoms with van der Waals surface area (Å²) in [5, 5.41) is 3.13. The summed E-state index contributed by atoms with van der Waals surface area (Å²) in [6.45, 7) is 0. The molecule has 0 aliphatic carbocycles. The van der Waals surface area contributed by atoms with E-state index in [1.807, 2.05) is 0 Å². The lowest BCUT2D eigenvalue weighted by atomic mass is 10.1. The summed E-state index contributed by atoms with van der Waals surface area (Å²) in [7, 11) is 0. The van der Waals surface area contributed by atoms with Gasteiger partial charge in [-0.05, 0) is 29.8 Å². The quantitative estimate of drug-likeness (QED) is 0.701. The number of hydrogen-bond donors (Lipinski definition) is 1. The molecule has 0 saturated heterocycles. The number of rotatable bonds is 4. The van der Waals surface area contributed by atoms with Crippen molar-refractivity contribution in [1.29, 1.82) is 0 Å². The molecule has 1 N–H and O–H groups in total. The molecule has 0 radical (unpaired) electrons. The van der Waals surface area contributed by atoms with Gasteiger partial charge in [0, 0.05) is 23.7 Å². The van der Waals surface area contributed by atoms with Gasteiger partial charge in [-0.3, -0.25) is 10.1 Å². The fourth-order valence-electron chi connectivity index (χ4n) is 2.02.